The van der Waals surface area contributed by atoms with Crippen molar-refractivity contribution in [2.75, 3.05) is 0 Å². The lowest BCUT2D eigenvalue weighted by Gasteiger charge is -2.09. The summed E-state index contributed by atoms with van der Waals surface area (Å²) in [7, 11) is 2.17. The second-order valence-electron chi connectivity index (χ2n) is 8.70. The lowest BCUT2D eigenvalue weighted by atomic mass is 10.0. The molecule has 0 saturated carbocycles. The molecule has 2 nitrogen and oxygen atoms in total. The van der Waals surface area contributed by atoms with Crippen molar-refractivity contribution >= 4 is 43.6 Å². The summed E-state index contributed by atoms with van der Waals surface area (Å²) < 4.78 is 4.75. The number of aromatic nitrogens is 2. The van der Waals surface area contributed by atoms with Gasteiger partial charge in [0.2, 0.25) is 0 Å². The molecule has 0 aliphatic rings. The molecule has 0 spiro atoms. The Morgan fingerprint density at radius 3 is 2.00 bits per heavy atom. The van der Waals surface area contributed by atoms with Gasteiger partial charge in [-0.2, -0.15) is 0 Å². The maximum Gasteiger partial charge on any atom is 0.0641 e. The zero-order valence-corrected chi connectivity index (χ0v) is 18.4. The van der Waals surface area contributed by atoms with Crippen LogP contribution in [0.4, 0.5) is 0 Å². The van der Waals surface area contributed by atoms with Crippen LogP contribution in [0.15, 0.2) is 115 Å². The SMILES string of the molecule is Cn1c2ccccc2c2c1ccc1c3cc(-c4ccccc4)ccc3n(-c3ccccc3)c12. The number of hydrogen-bond donors (Lipinski definition) is 0. The molecule has 0 unspecified atom stereocenters. The highest BCUT2D eigenvalue weighted by Gasteiger charge is 2.19. The molecule has 0 fully saturated rings. The monoisotopic (exact) mass is 422 g/mol. The Hall–Kier alpha value is -4.30. The van der Waals surface area contributed by atoms with Gasteiger partial charge in [-0.3, -0.25) is 0 Å². The number of para-hydroxylation sites is 2. The molecular formula is C31H22N2. The molecule has 33 heavy (non-hydrogen) atoms. The van der Waals surface area contributed by atoms with E-state index in [0.29, 0.717) is 0 Å². The van der Waals surface area contributed by atoms with E-state index in [1.54, 1.807) is 0 Å². The number of nitrogens with zero attached hydrogens (tertiary/aromatic N) is 2. The molecule has 156 valence electrons. The molecule has 0 saturated heterocycles. The molecule has 7 rings (SSSR count). The van der Waals surface area contributed by atoms with Gasteiger partial charge in [-0.25, -0.2) is 0 Å². The first-order valence-electron chi connectivity index (χ1n) is 11.4. The highest BCUT2D eigenvalue weighted by molar-refractivity contribution is 6.26. The van der Waals surface area contributed by atoms with E-state index in [-0.39, 0.29) is 0 Å². The zero-order chi connectivity index (χ0) is 21.9. The van der Waals surface area contributed by atoms with Crippen LogP contribution >= 0.6 is 0 Å². The summed E-state index contributed by atoms with van der Waals surface area (Å²) in [4.78, 5) is 0. The quantitative estimate of drug-likeness (QED) is 0.266. The fourth-order valence-corrected chi connectivity index (χ4v) is 5.41. The van der Waals surface area contributed by atoms with Crippen molar-refractivity contribution in [1.29, 1.82) is 0 Å². The summed E-state index contributed by atoms with van der Waals surface area (Å²) in [5.74, 6) is 0. The predicted octanol–water partition coefficient (Wildman–Crippen LogP) is 8.10. The highest BCUT2D eigenvalue weighted by Crippen LogP contribution is 2.41. The van der Waals surface area contributed by atoms with Crippen LogP contribution in [0.25, 0.3) is 60.4 Å². The normalized spacial score (nSPS) is 11.8. The summed E-state index contributed by atoms with van der Waals surface area (Å²) in [5.41, 5.74) is 8.69. The summed E-state index contributed by atoms with van der Waals surface area (Å²) in [6, 6.07) is 41.5. The lowest BCUT2D eigenvalue weighted by molar-refractivity contribution is 1.01. The van der Waals surface area contributed by atoms with E-state index in [2.05, 4.69) is 131 Å². The zero-order valence-electron chi connectivity index (χ0n) is 18.4. The van der Waals surface area contributed by atoms with E-state index in [0.717, 1.165) is 0 Å². The standard InChI is InChI=1S/C31H22N2/c1-32-27-15-9-8-14-25(27)30-29(32)19-17-24-26-20-22(21-10-4-2-5-11-21)16-18-28(26)33(31(24)30)23-12-6-3-7-13-23/h2-20H,1H3. The van der Waals surface area contributed by atoms with Crippen molar-refractivity contribution < 1.29 is 0 Å². The van der Waals surface area contributed by atoms with Gasteiger partial charge in [-0.15, -0.1) is 0 Å². The molecule has 2 heterocycles. The number of rotatable bonds is 2. The largest absolute Gasteiger partial charge is 0.344 e. The van der Waals surface area contributed by atoms with Crippen LogP contribution in [0.1, 0.15) is 0 Å². The number of benzene rings is 5. The van der Waals surface area contributed by atoms with E-state index in [9.17, 15) is 0 Å². The van der Waals surface area contributed by atoms with Crippen LogP contribution in [-0.4, -0.2) is 9.13 Å². The molecule has 0 aliphatic heterocycles. The molecule has 5 aromatic carbocycles. The Labute approximate surface area is 191 Å². The van der Waals surface area contributed by atoms with Crippen molar-refractivity contribution in [3.05, 3.63) is 115 Å². The maximum atomic E-state index is 2.44. The molecule has 7 aromatic rings. The lowest BCUT2D eigenvalue weighted by Crippen LogP contribution is -1.94. The topological polar surface area (TPSA) is 9.86 Å². The van der Waals surface area contributed by atoms with Gasteiger partial charge in [0.25, 0.3) is 0 Å². The third kappa shape index (κ3) is 2.55. The summed E-state index contributed by atoms with van der Waals surface area (Å²) in [5, 5.41) is 5.18. The average Bonchev–Trinajstić information content (AvgIpc) is 3.37. The number of hydrogen-bond acceptors (Lipinski definition) is 0. The molecule has 2 aromatic heterocycles. The Balaban J connectivity index is 1.71. The Morgan fingerprint density at radius 1 is 0.485 bits per heavy atom. The first kappa shape index (κ1) is 18.3. The molecule has 0 N–H and O–H groups in total. The van der Waals surface area contributed by atoms with Gasteiger partial charge in [0.1, 0.15) is 0 Å². The fraction of sp³-hybridized carbons (Fsp3) is 0.0323. The van der Waals surface area contributed by atoms with E-state index in [4.69, 9.17) is 0 Å². The van der Waals surface area contributed by atoms with Crippen molar-refractivity contribution in [3.8, 4) is 16.8 Å². The minimum Gasteiger partial charge on any atom is -0.344 e. The van der Waals surface area contributed by atoms with Gasteiger partial charge in [0, 0.05) is 39.8 Å². The summed E-state index contributed by atoms with van der Waals surface area (Å²) in [6.45, 7) is 0. The van der Waals surface area contributed by atoms with Crippen LogP contribution in [0.2, 0.25) is 0 Å². The van der Waals surface area contributed by atoms with E-state index in [1.807, 2.05) is 0 Å². The van der Waals surface area contributed by atoms with Crippen molar-refractivity contribution in [2.45, 2.75) is 0 Å². The van der Waals surface area contributed by atoms with Gasteiger partial charge in [-0.1, -0.05) is 78.9 Å². The van der Waals surface area contributed by atoms with Crippen molar-refractivity contribution in [3.63, 3.8) is 0 Å². The number of fused-ring (bicyclic) bond motifs is 7. The van der Waals surface area contributed by atoms with E-state index < -0.39 is 0 Å². The van der Waals surface area contributed by atoms with E-state index in [1.165, 1.54) is 60.4 Å². The molecule has 0 amide bonds. The maximum absolute atomic E-state index is 2.44. The first-order valence-corrected chi connectivity index (χ1v) is 11.4. The van der Waals surface area contributed by atoms with Crippen LogP contribution in [0, 0.1) is 0 Å². The highest BCUT2D eigenvalue weighted by atomic mass is 15.0. The van der Waals surface area contributed by atoms with Crippen molar-refractivity contribution in [1.82, 2.24) is 9.13 Å². The van der Waals surface area contributed by atoms with Crippen LogP contribution in [-0.2, 0) is 7.05 Å². The second kappa shape index (κ2) is 6.85. The second-order valence-corrected chi connectivity index (χ2v) is 8.70. The van der Waals surface area contributed by atoms with E-state index >= 15 is 0 Å². The molecule has 0 aliphatic carbocycles. The van der Waals surface area contributed by atoms with Gasteiger partial charge >= 0.3 is 0 Å². The molecule has 0 bridgehead atoms. The average molecular weight is 423 g/mol. The molecule has 0 atom stereocenters. The molecular weight excluding hydrogens is 400 g/mol. The van der Waals surface area contributed by atoms with Crippen LogP contribution < -0.4 is 0 Å². The van der Waals surface area contributed by atoms with Crippen LogP contribution in [0.3, 0.4) is 0 Å². The minimum atomic E-state index is 1.19. The van der Waals surface area contributed by atoms with Gasteiger partial charge in [0.15, 0.2) is 0 Å². The third-order valence-electron chi connectivity index (χ3n) is 6.92. The predicted molar refractivity (Wildman–Crippen MR) is 140 cm³/mol. The number of aryl methyl sites for hydroxylation is 1. The summed E-state index contributed by atoms with van der Waals surface area (Å²) >= 11 is 0. The fourth-order valence-electron chi connectivity index (χ4n) is 5.41. The first-order chi connectivity index (χ1) is 16.3. The Bertz CT molecular complexity index is 1800. The Kier molecular flexibility index (Phi) is 3.80. The smallest absolute Gasteiger partial charge is 0.0641 e. The summed E-state index contributed by atoms with van der Waals surface area (Å²) in [6.07, 6.45) is 0. The minimum absolute atomic E-state index is 1.19. The molecule has 0 radical (unpaired) electrons. The van der Waals surface area contributed by atoms with Gasteiger partial charge < -0.3 is 9.13 Å². The molecule has 2 heteroatoms. The van der Waals surface area contributed by atoms with Gasteiger partial charge in [-0.05, 0) is 47.5 Å². The van der Waals surface area contributed by atoms with Gasteiger partial charge in [0.05, 0.1) is 16.6 Å². The van der Waals surface area contributed by atoms with Crippen molar-refractivity contribution in [2.24, 2.45) is 7.05 Å². The van der Waals surface area contributed by atoms with Crippen LogP contribution in [0.5, 0.6) is 0 Å². The third-order valence-corrected chi connectivity index (χ3v) is 6.92. The Morgan fingerprint density at radius 2 is 1.18 bits per heavy atom.